The van der Waals surface area contributed by atoms with Gasteiger partial charge in [0.15, 0.2) is 0 Å². The Morgan fingerprint density at radius 3 is 2.00 bits per heavy atom. The number of benzene rings is 1. The summed E-state index contributed by atoms with van der Waals surface area (Å²) in [6.07, 6.45) is 0. The number of rotatable bonds is 3. The topological polar surface area (TPSA) is 9.23 Å². The largest absolute Gasteiger partial charge is 0.495 e. The van der Waals surface area contributed by atoms with Gasteiger partial charge in [0, 0.05) is 11.1 Å². The lowest BCUT2D eigenvalue weighted by atomic mass is 10.0. The van der Waals surface area contributed by atoms with E-state index in [0.29, 0.717) is 21.7 Å². The molecule has 1 aliphatic rings. The smallest absolute Gasteiger partial charge is 0.138 e. The van der Waals surface area contributed by atoms with Crippen LogP contribution in [0.1, 0.15) is 38.6 Å². The Balaban J connectivity index is 2.36. The van der Waals surface area contributed by atoms with Gasteiger partial charge in [-0.1, -0.05) is 50.9 Å². The van der Waals surface area contributed by atoms with Crippen molar-refractivity contribution in [3.8, 4) is 5.75 Å². The van der Waals surface area contributed by atoms with Crippen LogP contribution in [0.5, 0.6) is 5.75 Å². The van der Waals surface area contributed by atoms with Gasteiger partial charge in [0.25, 0.3) is 0 Å². The SMILES string of the molecule is COc1cc(Cl)c(C(Cl)C2C(C)(C)C2(C)C)cc1Cl. The van der Waals surface area contributed by atoms with Gasteiger partial charge >= 0.3 is 0 Å². The quantitative estimate of drug-likeness (QED) is 0.624. The van der Waals surface area contributed by atoms with Gasteiger partial charge in [0.05, 0.1) is 17.5 Å². The number of halogens is 3. The van der Waals surface area contributed by atoms with Crippen molar-refractivity contribution in [3.05, 3.63) is 27.7 Å². The zero-order valence-corrected chi connectivity index (χ0v) is 14.1. The molecule has 106 valence electrons. The van der Waals surface area contributed by atoms with E-state index in [-0.39, 0.29) is 16.2 Å². The lowest BCUT2D eigenvalue weighted by molar-refractivity contribution is 0.415. The van der Waals surface area contributed by atoms with Gasteiger partial charge in [-0.05, 0) is 28.4 Å². The van der Waals surface area contributed by atoms with Crippen LogP contribution in [-0.4, -0.2) is 7.11 Å². The number of hydrogen-bond acceptors (Lipinski definition) is 1. The van der Waals surface area contributed by atoms with Gasteiger partial charge in [-0.15, -0.1) is 11.6 Å². The van der Waals surface area contributed by atoms with Crippen LogP contribution in [0, 0.1) is 16.7 Å². The number of ether oxygens (including phenoxy) is 1. The van der Waals surface area contributed by atoms with Crippen molar-refractivity contribution in [2.24, 2.45) is 16.7 Å². The third-order valence-electron chi connectivity index (χ3n) is 4.99. The van der Waals surface area contributed by atoms with Crippen molar-refractivity contribution >= 4 is 34.8 Å². The maximum atomic E-state index is 6.66. The van der Waals surface area contributed by atoms with E-state index in [1.54, 1.807) is 13.2 Å². The minimum absolute atomic E-state index is 0.138. The molecule has 1 nitrogen and oxygen atoms in total. The monoisotopic (exact) mass is 320 g/mol. The fourth-order valence-electron chi connectivity index (χ4n) is 3.07. The molecule has 0 spiro atoms. The molecule has 1 aromatic rings. The fraction of sp³-hybridized carbons (Fsp3) is 0.600. The zero-order chi connectivity index (χ0) is 14.6. The zero-order valence-electron chi connectivity index (χ0n) is 11.9. The first kappa shape index (κ1) is 15.3. The Morgan fingerprint density at radius 2 is 1.58 bits per heavy atom. The molecule has 0 radical (unpaired) electrons. The maximum absolute atomic E-state index is 6.66. The molecule has 0 N–H and O–H groups in total. The average Bonchev–Trinajstić information content (AvgIpc) is 2.71. The summed E-state index contributed by atoms with van der Waals surface area (Å²) in [7, 11) is 1.57. The molecule has 4 heteroatoms. The van der Waals surface area contributed by atoms with E-state index in [0.717, 1.165) is 5.56 Å². The van der Waals surface area contributed by atoms with Crippen LogP contribution in [0.25, 0.3) is 0 Å². The first-order chi connectivity index (χ1) is 8.64. The molecule has 0 aromatic heterocycles. The molecule has 1 fully saturated rings. The lowest BCUT2D eigenvalue weighted by Crippen LogP contribution is -2.01. The molecule has 1 atom stereocenters. The molecule has 0 bridgehead atoms. The van der Waals surface area contributed by atoms with E-state index in [9.17, 15) is 0 Å². The third kappa shape index (κ3) is 2.24. The second-order valence-electron chi connectivity index (χ2n) is 6.33. The highest BCUT2D eigenvalue weighted by Crippen LogP contribution is 2.73. The molecule has 1 aromatic carbocycles. The molecular formula is C15H19Cl3O. The Kier molecular flexibility index (Phi) is 3.79. The summed E-state index contributed by atoms with van der Waals surface area (Å²) < 4.78 is 5.16. The highest BCUT2D eigenvalue weighted by atomic mass is 35.5. The molecule has 1 unspecified atom stereocenters. The summed E-state index contributed by atoms with van der Waals surface area (Å²) >= 11 is 19.1. The second kappa shape index (κ2) is 4.72. The van der Waals surface area contributed by atoms with E-state index in [1.807, 2.05) is 6.07 Å². The van der Waals surface area contributed by atoms with Gasteiger partial charge in [-0.25, -0.2) is 0 Å². The van der Waals surface area contributed by atoms with E-state index in [2.05, 4.69) is 27.7 Å². The minimum atomic E-state index is -0.138. The van der Waals surface area contributed by atoms with Crippen LogP contribution in [0.4, 0.5) is 0 Å². The van der Waals surface area contributed by atoms with Crippen LogP contribution >= 0.6 is 34.8 Å². The second-order valence-corrected chi connectivity index (χ2v) is 7.62. The highest BCUT2D eigenvalue weighted by molar-refractivity contribution is 6.35. The summed E-state index contributed by atoms with van der Waals surface area (Å²) in [5, 5.41) is 1.02. The van der Waals surface area contributed by atoms with Crippen molar-refractivity contribution in [3.63, 3.8) is 0 Å². The average molecular weight is 322 g/mol. The molecule has 0 saturated heterocycles. The van der Waals surface area contributed by atoms with Crippen molar-refractivity contribution in [2.45, 2.75) is 33.1 Å². The normalized spacial score (nSPS) is 22.1. The molecule has 1 aliphatic carbocycles. The van der Waals surface area contributed by atoms with Crippen LogP contribution in [0.15, 0.2) is 12.1 Å². The number of alkyl halides is 1. The van der Waals surface area contributed by atoms with Gasteiger partial charge in [-0.2, -0.15) is 0 Å². The van der Waals surface area contributed by atoms with Gasteiger partial charge in [0.1, 0.15) is 5.75 Å². The first-order valence-corrected chi connectivity index (χ1v) is 7.50. The van der Waals surface area contributed by atoms with Crippen molar-refractivity contribution in [1.29, 1.82) is 0 Å². The number of hydrogen-bond donors (Lipinski definition) is 0. The molecule has 1 saturated carbocycles. The molecule has 0 amide bonds. The number of methoxy groups -OCH3 is 1. The van der Waals surface area contributed by atoms with E-state index in [1.165, 1.54) is 0 Å². The molecule has 0 heterocycles. The first-order valence-electron chi connectivity index (χ1n) is 6.31. The summed E-state index contributed by atoms with van der Waals surface area (Å²) in [6.45, 7) is 8.97. The van der Waals surface area contributed by atoms with Gasteiger partial charge < -0.3 is 4.74 Å². The Bertz CT molecular complexity index is 494. The van der Waals surface area contributed by atoms with Crippen molar-refractivity contribution < 1.29 is 4.74 Å². The summed E-state index contributed by atoms with van der Waals surface area (Å²) in [4.78, 5) is 0. The third-order valence-corrected chi connectivity index (χ3v) is 6.10. The Hall–Kier alpha value is -0.110. The molecule has 19 heavy (non-hydrogen) atoms. The summed E-state index contributed by atoms with van der Waals surface area (Å²) in [6, 6.07) is 3.56. The summed E-state index contributed by atoms with van der Waals surface area (Å²) in [5.41, 5.74) is 1.29. The Labute approximate surface area is 130 Å². The Morgan fingerprint density at radius 1 is 1.05 bits per heavy atom. The van der Waals surface area contributed by atoms with Crippen LogP contribution < -0.4 is 4.74 Å². The van der Waals surface area contributed by atoms with E-state index < -0.39 is 0 Å². The highest BCUT2D eigenvalue weighted by Gasteiger charge is 2.67. The molecule has 0 aliphatic heterocycles. The fourth-order valence-corrected chi connectivity index (χ4v) is 4.46. The minimum Gasteiger partial charge on any atom is -0.495 e. The predicted octanol–water partition coefficient (Wildman–Crippen LogP) is 5.96. The predicted molar refractivity (Wildman–Crippen MR) is 82.7 cm³/mol. The van der Waals surface area contributed by atoms with Gasteiger partial charge in [-0.3, -0.25) is 0 Å². The van der Waals surface area contributed by atoms with Crippen LogP contribution in [0.2, 0.25) is 10.0 Å². The molecule has 2 rings (SSSR count). The maximum Gasteiger partial charge on any atom is 0.138 e. The summed E-state index contributed by atoms with van der Waals surface area (Å²) in [5.74, 6) is 0.956. The van der Waals surface area contributed by atoms with Crippen LogP contribution in [0.3, 0.4) is 0 Å². The standard InChI is InChI=1S/C15H19Cl3O/c1-14(2)13(15(14,3)4)12(18)8-6-10(17)11(19-5)7-9(8)16/h6-7,12-13H,1-5H3. The molecular weight excluding hydrogens is 303 g/mol. The van der Waals surface area contributed by atoms with E-state index in [4.69, 9.17) is 39.5 Å². The lowest BCUT2D eigenvalue weighted by Gasteiger charge is -2.15. The van der Waals surface area contributed by atoms with Crippen molar-refractivity contribution in [2.75, 3.05) is 7.11 Å². The van der Waals surface area contributed by atoms with E-state index >= 15 is 0 Å². The van der Waals surface area contributed by atoms with Crippen LogP contribution in [-0.2, 0) is 0 Å². The van der Waals surface area contributed by atoms with Crippen molar-refractivity contribution in [1.82, 2.24) is 0 Å². The van der Waals surface area contributed by atoms with Gasteiger partial charge in [0.2, 0.25) is 0 Å².